The summed E-state index contributed by atoms with van der Waals surface area (Å²) in [6.45, 7) is 3.00. The standard InChI is InChI=1S/C25H31N7O5/c1-30-7-8-32(24(34)14-30)13-17-5-6-23(28-20(17)15-33)31(2)25(35)29-22-10-21(18(11-26)12-27-22)37-16-19-4-3-9-36-19/h5-6,10,12,15,19,25,35H,3-4,7-9,13-14,16H2,1-2H3,(H,27,29). The Kier molecular flexibility index (Phi) is 8.50. The zero-order valence-corrected chi connectivity index (χ0v) is 21.0. The number of hydrogen-bond donors (Lipinski definition) is 2. The number of likely N-dealkylation sites (N-methyl/N-ethyl adjacent to an activating group) is 1. The van der Waals surface area contributed by atoms with Crippen LogP contribution in [0.4, 0.5) is 11.6 Å². The van der Waals surface area contributed by atoms with Crippen LogP contribution in [-0.2, 0) is 16.1 Å². The minimum atomic E-state index is -1.25. The molecule has 0 saturated carbocycles. The molecule has 4 rings (SSSR count). The first kappa shape index (κ1) is 26.3. The number of nitrogens with one attached hydrogen (secondary N) is 1. The first-order chi connectivity index (χ1) is 17.9. The molecule has 0 radical (unpaired) electrons. The fraction of sp³-hybridized carbons (Fsp3) is 0.480. The van der Waals surface area contributed by atoms with Crippen LogP contribution in [0.3, 0.4) is 0 Å². The van der Waals surface area contributed by atoms with E-state index in [1.807, 2.05) is 11.9 Å². The maximum Gasteiger partial charge on any atom is 0.237 e. The van der Waals surface area contributed by atoms with E-state index >= 15 is 0 Å². The highest BCUT2D eigenvalue weighted by Crippen LogP contribution is 2.24. The Labute approximate surface area is 215 Å². The number of carbonyl (C=O) groups is 2. The van der Waals surface area contributed by atoms with Crippen molar-refractivity contribution in [3.63, 3.8) is 0 Å². The van der Waals surface area contributed by atoms with Crippen LogP contribution < -0.4 is 15.0 Å². The lowest BCUT2D eigenvalue weighted by molar-refractivity contribution is -0.136. The second kappa shape index (κ2) is 12.0. The zero-order valence-electron chi connectivity index (χ0n) is 21.0. The number of nitriles is 1. The molecule has 2 aliphatic rings. The van der Waals surface area contributed by atoms with E-state index in [9.17, 15) is 20.0 Å². The van der Waals surface area contributed by atoms with Crippen LogP contribution >= 0.6 is 0 Å². The molecule has 12 heteroatoms. The van der Waals surface area contributed by atoms with Crippen molar-refractivity contribution in [3.05, 3.63) is 41.2 Å². The van der Waals surface area contributed by atoms with Crippen LogP contribution in [0.1, 0.15) is 34.5 Å². The van der Waals surface area contributed by atoms with E-state index in [1.54, 1.807) is 30.1 Å². The summed E-state index contributed by atoms with van der Waals surface area (Å²) in [6, 6.07) is 7.01. The number of aliphatic hydroxyl groups excluding tert-OH is 1. The summed E-state index contributed by atoms with van der Waals surface area (Å²) >= 11 is 0. The van der Waals surface area contributed by atoms with Gasteiger partial charge in [0.15, 0.2) is 6.29 Å². The van der Waals surface area contributed by atoms with Gasteiger partial charge in [-0.15, -0.1) is 0 Å². The van der Waals surface area contributed by atoms with Gasteiger partial charge in [-0.25, -0.2) is 9.97 Å². The Bertz CT molecular complexity index is 1160. The Morgan fingerprint density at radius 2 is 2.27 bits per heavy atom. The molecule has 2 aromatic rings. The van der Waals surface area contributed by atoms with E-state index in [4.69, 9.17) is 9.47 Å². The predicted molar refractivity (Wildman–Crippen MR) is 134 cm³/mol. The van der Waals surface area contributed by atoms with E-state index in [1.165, 1.54) is 11.1 Å². The molecule has 12 nitrogen and oxygen atoms in total. The first-order valence-electron chi connectivity index (χ1n) is 12.1. The number of pyridine rings is 2. The van der Waals surface area contributed by atoms with Crippen molar-refractivity contribution in [2.45, 2.75) is 31.8 Å². The largest absolute Gasteiger partial charge is 0.489 e. The van der Waals surface area contributed by atoms with Gasteiger partial charge in [-0.3, -0.25) is 14.5 Å². The van der Waals surface area contributed by atoms with Crippen molar-refractivity contribution in [1.82, 2.24) is 19.8 Å². The van der Waals surface area contributed by atoms with Gasteiger partial charge in [-0.2, -0.15) is 5.26 Å². The maximum absolute atomic E-state index is 12.3. The smallest absolute Gasteiger partial charge is 0.237 e. The van der Waals surface area contributed by atoms with E-state index in [-0.39, 0.29) is 23.3 Å². The van der Waals surface area contributed by atoms with Gasteiger partial charge < -0.3 is 29.7 Å². The number of aromatic nitrogens is 2. The molecule has 2 fully saturated rings. The van der Waals surface area contributed by atoms with Gasteiger partial charge in [0.1, 0.15) is 41.3 Å². The molecular formula is C25H31N7O5. The lowest BCUT2D eigenvalue weighted by Gasteiger charge is -2.32. The fourth-order valence-electron chi connectivity index (χ4n) is 4.16. The third-order valence-electron chi connectivity index (χ3n) is 6.42. The Morgan fingerprint density at radius 3 is 2.97 bits per heavy atom. The zero-order chi connectivity index (χ0) is 26.4. The first-order valence-corrected chi connectivity index (χ1v) is 12.1. The lowest BCUT2D eigenvalue weighted by atomic mass is 10.1. The van der Waals surface area contributed by atoms with Gasteiger partial charge in [-0.05, 0) is 26.0 Å². The van der Waals surface area contributed by atoms with Crippen LogP contribution in [0.2, 0.25) is 0 Å². The third kappa shape index (κ3) is 6.51. The summed E-state index contributed by atoms with van der Waals surface area (Å²) in [5.41, 5.74) is 1.11. The van der Waals surface area contributed by atoms with Crippen molar-refractivity contribution < 1.29 is 24.2 Å². The molecule has 2 unspecified atom stereocenters. The highest BCUT2D eigenvalue weighted by molar-refractivity contribution is 5.80. The van der Waals surface area contributed by atoms with Crippen molar-refractivity contribution in [2.24, 2.45) is 0 Å². The van der Waals surface area contributed by atoms with Crippen molar-refractivity contribution in [2.75, 3.05) is 57.2 Å². The molecule has 196 valence electrons. The third-order valence-corrected chi connectivity index (χ3v) is 6.42. The number of ether oxygens (including phenoxy) is 2. The number of anilines is 2. The van der Waals surface area contributed by atoms with Crippen LogP contribution in [0, 0.1) is 11.3 Å². The van der Waals surface area contributed by atoms with Crippen molar-refractivity contribution in [1.29, 1.82) is 5.26 Å². The van der Waals surface area contributed by atoms with Crippen LogP contribution in [-0.4, -0.2) is 96.5 Å². The van der Waals surface area contributed by atoms with E-state index in [2.05, 4.69) is 21.4 Å². The topological polar surface area (TPSA) is 144 Å². The number of aliphatic hydroxyl groups is 1. The van der Waals surface area contributed by atoms with Crippen molar-refractivity contribution >= 4 is 23.8 Å². The molecule has 2 aliphatic heterocycles. The summed E-state index contributed by atoms with van der Waals surface area (Å²) in [5, 5.41) is 23.0. The molecule has 2 N–H and O–H groups in total. The number of nitrogens with zero attached hydrogens (tertiary/aromatic N) is 6. The van der Waals surface area contributed by atoms with E-state index in [0.717, 1.165) is 19.4 Å². The molecule has 0 bridgehead atoms. The number of amides is 1. The highest BCUT2D eigenvalue weighted by atomic mass is 16.5. The molecule has 0 aromatic carbocycles. The Balaban J connectivity index is 1.42. The summed E-state index contributed by atoms with van der Waals surface area (Å²) in [7, 11) is 3.50. The number of carbonyl (C=O) groups excluding carboxylic acids is 2. The lowest BCUT2D eigenvalue weighted by Crippen LogP contribution is -2.48. The summed E-state index contributed by atoms with van der Waals surface area (Å²) in [6.07, 6.45) is 2.65. The van der Waals surface area contributed by atoms with Crippen molar-refractivity contribution in [3.8, 4) is 11.8 Å². The quantitative estimate of drug-likeness (QED) is 0.347. The average molecular weight is 510 g/mol. The molecule has 1 amide bonds. The molecule has 2 atom stereocenters. The minimum absolute atomic E-state index is 0.000416. The van der Waals surface area contributed by atoms with Crippen LogP contribution in [0.25, 0.3) is 0 Å². The maximum atomic E-state index is 12.3. The van der Waals surface area contributed by atoms with Gasteiger partial charge in [0, 0.05) is 44.9 Å². The van der Waals surface area contributed by atoms with Crippen LogP contribution in [0.15, 0.2) is 24.4 Å². The SMILES string of the molecule is CN1CCN(Cc2ccc(N(C)C(O)Nc3cc(OCC4CCCO4)c(C#N)cn3)nc2C=O)C(=O)C1. The molecule has 4 heterocycles. The number of hydrogen-bond acceptors (Lipinski definition) is 11. The monoisotopic (exact) mass is 509 g/mol. The minimum Gasteiger partial charge on any atom is -0.489 e. The van der Waals surface area contributed by atoms with E-state index < -0.39 is 6.35 Å². The highest BCUT2D eigenvalue weighted by Gasteiger charge is 2.23. The van der Waals surface area contributed by atoms with E-state index in [0.29, 0.717) is 62.1 Å². The molecule has 37 heavy (non-hydrogen) atoms. The van der Waals surface area contributed by atoms with Gasteiger partial charge in [-0.1, -0.05) is 6.07 Å². The number of rotatable bonds is 10. The number of piperazine rings is 1. The average Bonchev–Trinajstić information content (AvgIpc) is 3.42. The molecule has 0 spiro atoms. The summed E-state index contributed by atoms with van der Waals surface area (Å²) in [5.74, 6) is 0.982. The normalized spacial score (nSPS) is 18.8. The molecule has 2 aromatic heterocycles. The molecule has 2 saturated heterocycles. The molecular weight excluding hydrogens is 478 g/mol. The second-order valence-electron chi connectivity index (χ2n) is 9.14. The van der Waals surface area contributed by atoms with Gasteiger partial charge >= 0.3 is 0 Å². The second-order valence-corrected chi connectivity index (χ2v) is 9.14. The Hall–Kier alpha value is -3.79. The summed E-state index contributed by atoms with van der Waals surface area (Å²) in [4.78, 5) is 37.7. The van der Waals surface area contributed by atoms with Gasteiger partial charge in [0.05, 0.1) is 18.8 Å². The Morgan fingerprint density at radius 1 is 1.43 bits per heavy atom. The van der Waals surface area contributed by atoms with Crippen LogP contribution in [0.5, 0.6) is 5.75 Å². The summed E-state index contributed by atoms with van der Waals surface area (Å²) < 4.78 is 11.4. The van der Waals surface area contributed by atoms with Gasteiger partial charge in [0.2, 0.25) is 12.3 Å². The number of aldehydes is 1. The van der Waals surface area contributed by atoms with Gasteiger partial charge in [0.25, 0.3) is 0 Å². The predicted octanol–water partition coefficient (Wildman–Crippen LogP) is 0.817. The fourth-order valence-corrected chi connectivity index (χ4v) is 4.16. The molecule has 0 aliphatic carbocycles.